The second-order valence-corrected chi connectivity index (χ2v) is 5.36. The first-order valence-corrected chi connectivity index (χ1v) is 7.08. The molecular formula is C16H23N3O. The predicted octanol–water partition coefficient (Wildman–Crippen LogP) is 2.85. The van der Waals surface area contributed by atoms with Gasteiger partial charge in [-0.05, 0) is 38.5 Å². The fourth-order valence-corrected chi connectivity index (χ4v) is 2.07. The topological polar surface area (TPSA) is 39.1 Å². The Morgan fingerprint density at radius 3 is 2.85 bits per heavy atom. The van der Waals surface area contributed by atoms with Crippen molar-refractivity contribution in [3.05, 3.63) is 48.5 Å². The molecule has 0 spiro atoms. The van der Waals surface area contributed by atoms with Gasteiger partial charge in [-0.2, -0.15) is 0 Å². The van der Waals surface area contributed by atoms with E-state index in [4.69, 9.17) is 4.74 Å². The summed E-state index contributed by atoms with van der Waals surface area (Å²) in [7, 11) is 0. The van der Waals surface area contributed by atoms with Crippen LogP contribution >= 0.6 is 0 Å². The molecule has 0 amide bonds. The van der Waals surface area contributed by atoms with Gasteiger partial charge in [0.15, 0.2) is 0 Å². The molecule has 0 radical (unpaired) electrons. The van der Waals surface area contributed by atoms with Gasteiger partial charge >= 0.3 is 0 Å². The van der Waals surface area contributed by atoms with Crippen molar-refractivity contribution in [3.8, 4) is 5.75 Å². The highest BCUT2D eigenvalue weighted by molar-refractivity contribution is 5.28. The summed E-state index contributed by atoms with van der Waals surface area (Å²) >= 11 is 0. The summed E-state index contributed by atoms with van der Waals surface area (Å²) in [4.78, 5) is 4.05. The molecule has 0 aliphatic rings. The Morgan fingerprint density at radius 1 is 1.30 bits per heavy atom. The van der Waals surface area contributed by atoms with Crippen LogP contribution in [-0.2, 0) is 13.1 Å². The summed E-state index contributed by atoms with van der Waals surface area (Å²) in [5.74, 6) is 0.932. The molecule has 0 saturated carbocycles. The molecule has 1 unspecified atom stereocenters. The molecule has 4 heteroatoms. The maximum absolute atomic E-state index is 5.71. The van der Waals surface area contributed by atoms with Crippen molar-refractivity contribution in [1.29, 1.82) is 0 Å². The Labute approximate surface area is 120 Å². The third-order valence-electron chi connectivity index (χ3n) is 2.97. The van der Waals surface area contributed by atoms with Crippen molar-refractivity contribution >= 4 is 0 Å². The third kappa shape index (κ3) is 4.70. The van der Waals surface area contributed by atoms with Crippen LogP contribution in [0.4, 0.5) is 0 Å². The van der Waals surface area contributed by atoms with Crippen molar-refractivity contribution in [3.63, 3.8) is 0 Å². The van der Waals surface area contributed by atoms with Gasteiger partial charge in [0.25, 0.3) is 0 Å². The Morgan fingerprint density at radius 2 is 2.15 bits per heavy atom. The zero-order chi connectivity index (χ0) is 14.4. The van der Waals surface area contributed by atoms with Gasteiger partial charge in [0.1, 0.15) is 5.75 Å². The SMILES string of the molecule is CC(Cn1ccnc1)NCc1cccc(OC(C)C)c1. The van der Waals surface area contributed by atoms with Gasteiger partial charge in [-0.25, -0.2) is 4.98 Å². The van der Waals surface area contributed by atoms with E-state index in [0.717, 1.165) is 18.8 Å². The molecule has 1 aromatic carbocycles. The van der Waals surface area contributed by atoms with E-state index in [1.54, 1.807) is 6.20 Å². The van der Waals surface area contributed by atoms with Crippen molar-refractivity contribution in [1.82, 2.24) is 14.9 Å². The zero-order valence-electron chi connectivity index (χ0n) is 12.4. The monoisotopic (exact) mass is 273 g/mol. The lowest BCUT2D eigenvalue weighted by Crippen LogP contribution is -2.29. The minimum atomic E-state index is 0.207. The van der Waals surface area contributed by atoms with Crippen LogP contribution < -0.4 is 10.1 Å². The number of hydrogen-bond acceptors (Lipinski definition) is 3. The Balaban J connectivity index is 1.84. The average molecular weight is 273 g/mol. The molecule has 0 aliphatic heterocycles. The van der Waals surface area contributed by atoms with E-state index < -0.39 is 0 Å². The van der Waals surface area contributed by atoms with E-state index in [9.17, 15) is 0 Å². The second kappa shape index (κ2) is 7.10. The van der Waals surface area contributed by atoms with E-state index in [2.05, 4.69) is 33.9 Å². The van der Waals surface area contributed by atoms with Gasteiger partial charge in [0, 0.05) is 31.5 Å². The fourth-order valence-electron chi connectivity index (χ4n) is 2.07. The lowest BCUT2D eigenvalue weighted by atomic mass is 10.2. The zero-order valence-corrected chi connectivity index (χ0v) is 12.4. The largest absolute Gasteiger partial charge is 0.491 e. The van der Waals surface area contributed by atoms with Crippen molar-refractivity contribution < 1.29 is 4.74 Å². The molecule has 0 fully saturated rings. The van der Waals surface area contributed by atoms with Crippen LogP contribution in [0.25, 0.3) is 0 Å². The number of hydrogen-bond donors (Lipinski definition) is 1. The minimum Gasteiger partial charge on any atom is -0.491 e. The summed E-state index contributed by atoms with van der Waals surface area (Å²) in [5, 5.41) is 3.51. The molecule has 20 heavy (non-hydrogen) atoms. The first-order chi connectivity index (χ1) is 9.63. The van der Waals surface area contributed by atoms with Gasteiger partial charge < -0.3 is 14.6 Å². The van der Waals surface area contributed by atoms with Crippen LogP contribution in [0.1, 0.15) is 26.3 Å². The van der Waals surface area contributed by atoms with Gasteiger partial charge in [0.2, 0.25) is 0 Å². The van der Waals surface area contributed by atoms with Gasteiger partial charge in [-0.1, -0.05) is 12.1 Å². The number of aromatic nitrogens is 2. The van der Waals surface area contributed by atoms with Crippen LogP contribution in [0.15, 0.2) is 43.0 Å². The summed E-state index contributed by atoms with van der Waals surface area (Å²) in [6.45, 7) is 8.01. The molecule has 1 aromatic heterocycles. The first-order valence-electron chi connectivity index (χ1n) is 7.08. The molecule has 2 aromatic rings. The second-order valence-electron chi connectivity index (χ2n) is 5.36. The third-order valence-corrected chi connectivity index (χ3v) is 2.97. The van der Waals surface area contributed by atoms with Crippen LogP contribution in [0.2, 0.25) is 0 Å². The highest BCUT2D eigenvalue weighted by Gasteiger charge is 2.04. The smallest absolute Gasteiger partial charge is 0.120 e. The molecule has 0 bridgehead atoms. The lowest BCUT2D eigenvalue weighted by Gasteiger charge is -2.15. The van der Waals surface area contributed by atoms with Crippen molar-refractivity contribution in [2.75, 3.05) is 0 Å². The maximum Gasteiger partial charge on any atom is 0.120 e. The van der Waals surface area contributed by atoms with E-state index in [0.29, 0.717) is 6.04 Å². The lowest BCUT2D eigenvalue weighted by molar-refractivity contribution is 0.242. The minimum absolute atomic E-state index is 0.207. The summed E-state index contributed by atoms with van der Waals surface area (Å²) in [5.41, 5.74) is 1.24. The van der Waals surface area contributed by atoms with E-state index in [-0.39, 0.29) is 6.10 Å². The van der Waals surface area contributed by atoms with Crippen molar-refractivity contribution in [2.45, 2.75) is 46.0 Å². The maximum atomic E-state index is 5.71. The number of rotatable bonds is 7. The molecule has 1 atom stereocenters. The van der Waals surface area contributed by atoms with Gasteiger partial charge in [0.05, 0.1) is 12.4 Å². The Kier molecular flexibility index (Phi) is 5.18. The molecule has 0 saturated heterocycles. The van der Waals surface area contributed by atoms with Crippen LogP contribution in [0, 0.1) is 0 Å². The van der Waals surface area contributed by atoms with Gasteiger partial charge in [-0.15, -0.1) is 0 Å². The van der Waals surface area contributed by atoms with Crippen LogP contribution in [0.3, 0.4) is 0 Å². The Hall–Kier alpha value is -1.81. The summed E-state index contributed by atoms with van der Waals surface area (Å²) in [6.07, 6.45) is 5.84. The Bertz CT molecular complexity index is 508. The van der Waals surface area contributed by atoms with Gasteiger partial charge in [-0.3, -0.25) is 0 Å². The number of nitrogens with zero attached hydrogens (tertiary/aromatic N) is 2. The molecule has 1 heterocycles. The summed E-state index contributed by atoms with van der Waals surface area (Å²) < 4.78 is 7.79. The highest BCUT2D eigenvalue weighted by atomic mass is 16.5. The molecule has 4 nitrogen and oxygen atoms in total. The van der Waals surface area contributed by atoms with E-state index >= 15 is 0 Å². The summed E-state index contributed by atoms with van der Waals surface area (Å²) in [6, 6.07) is 8.63. The van der Waals surface area contributed by atoms with E-state index in [1.807, 2.05) is 38.5 Å². The first kappa shape index (κ1) is 14.6. The number of benzene rings is 1. The molecule has 1 N–H and O–H groups in total. The predicted molar refractivity (Wildman–Crippen MR) is 80.7 cm³/mol. The molecule has 108 valence electrons. The van der Waals surface area contributed by atoms with Crippen LogP contribution in [0.5, 0.6) is 5.75 Å². The molecule has 2 rings (SSSR count). The van der Waals surface area contributed by atoms with Crippen molar-refractivity contribution in [2.24, 2.45) is 0 Å². The highest BCUT2D eigenvalue weighted by Crippen LogP contribution is 2.14. The normalized spacial score (nSPS) is 12.6. The van der Waals surface area contributed by atoms with Crippen LogP contribution in [-0.4, -0.2) is 21.7 Å². The molecule has 0 aliphatic carbocycles. The number of ether oxygens (including phenoxy) is 1. The van der Waals surface area contributed by atoms with E-state index in [1.165, 1.54) is 5.56 Å². The molecular weight excluding hydrogens is 250 g/mol. The number of imidazole rings is 1. The quantitative estimate of drug-likeness (QED) is 0.843. The fraction of sp³-hybridized carbons (Fsp3) is 0.438. The average Bonchev–Trinajstić information content (AvgIpc) is 2.89. The number of nitrogens with one attached hydrogen (secondary N) is 1. The standard InChI is InChI=1S/C16H23N3O/c1-13(2)20-16-6-4-5-15(9-16)10-18-14(3)11-19-8-7-17-12-19/h4-9,12-14,18H,10-11H2,1-3H3.